The average Bonchev–Trinajstić information content (AvgIpc) is 3.09. The Morgan fingerprint density at radius 3 is 2.85 bits per heavy atom. The number of alkyl halides is 3. The Bertz CT molecular complexity index is 756. The molecule has 1 N–H and O–H groups in total. The Morgan fingerprint density at radius 1 is 1.44 bits per heavy atom. The van der Waals surface area contributed by atoms with Crippen molar-refractivity contribution < 1.29 is 27.5 Å². The van der Waals surface area contributed by atoms with Crippen molar-refractivity contribution in [3.63, 3.8) is 0 Å². The number of halogens is 3. The van der Waals surface area contributed by atoms with Gasteiger partial charge in [-0.1, -0.05) is 6.92 Å². The van der Waals surface area contributed by atoms with Gasteiger partial charge in [0.1, 0.15) is 11.8 Å². The van der Waals surface area contributed by atoms with Crippen LogP contribution in [-0.4, -0.2) is 40.0 Å². The lowest BCUT2D eigenvalue weighted by molar-refractivity contribution is -0.137. The molecule has 1 aromatic rings. The minimum Gasteiger partial charge on any atom is -0.491 e. The van der Waals surface area contributed by atoms with Crippen molar-refractivity contribution in [1.29, 1.82) is 0 Å². The third-order valence-electron chi connectivity index (χ3n) is 4.77. The van der Waals surface area contributed by atoms with Crippen LogP contribution in [0.3, 0.4) is 0 Å². The standard InChI is InChI=1S/C18H21F3N2O3S/c1-3-8-26-14-5-4-11(18(19,20)21)9-12(14)22-16(25)13-10-27-17(2)7-6-15(24)23(13)17/h4-5,9,13H,3,6-8,10H2,1-2H3,(H,22,25)/t13-,17-/m1/s1. The van der Waals surface area contributed by atoms with Crippen LogP contribution in [0.1, 0.15) is 38.7 Å². The number of carbonyl (C=O) groups is 2. The first-order valence-electron chi connectivity index (χ1n) is 8.77. The molecule has 0 radical (unpaired) electrons. The van der Waals surface area contributed by atoms with Gasteiger partial charge in [-0.2, -0.15) is 13.2 Å². The molecular weight excluding hydrogens is 381 g/mol. The van der Waals surface area contributed by atoms with Crippen LogP contribution in [0.25, 0.3) is 0 Å². The smallest absolute Gasteiger partial charge is 0.416 e. The van der Waals surface area contributed by atoms with Crippen molar-refractivity contribution >= 4 is 29.3 Å². The molecule has 2 heterocycles. The van der Waals surface area contributed by atoms with Gasteiger partial charge in [0.2, 0.25) is 11.8 Å². The van der Waals surface area contributed by atoms with E-state index in [9.17, 15) is 22.8 Å². The maximum Gasteiger partial charge on any atom is 0.416 e. The molecule has 2 atom stereocenters. The van der Waals surface area contributed by atoms with Crippen LogP contribution in [0, 0.1) is 0 Å². The highest BCUT2D eigenvalue weighted by atomic mass is 32.2. The number of hydrogen-bond acceptors (Lipinski definition) is 4. The summed E-state index contributed by atoms with van der Waals surface area (Å²) >= 11 is 1.52. The van der Waals surface area contributed by atoms with E-state index in [2.05, 4.69) is 5.32 Å². The topological polar surface area (TPSA) is 58.6 Å². The number of ether oxygens (including phenoxy) is 1. The quantitative estimate of drug-likeness (QED) is 0.812. The van der Waals surface area contributed by atoms with Crippen molar-refractivity contribution in [1.82, 2.24) is 4.90 Å². The summed E-state index contributed by atoms with van der Waals surface area (Å²) < 4.78 is 44.7. The van der Waals surface area contributed by atoms with E-state index in [1.165, 1.54) is 17.8 Å². The van der Waals surface area contributed by atoms with Crippen molar-refractivity contribution in [2.24, 2.45) is 0 Å². The summed E-state index contributed by atoms with van der Waals surface area (Å²) in [7, 11) is 0. The van der Waals surface area contributed by atoms with Gasteiger partial charge in [-0.05, 0) is 38.0 Å². The molecular formula is C18H21F3N2O3S. The van der Waals surface area contributed by atoms with E-state index in [1.54, 1.807) is 4.90 Å². The van der Waals surface area contributed by atoms with Crippen LogP contribution in [0.15, 0.2) is 18.2 Å². The molecule has 3 rings (SSSR count). The van der Waals surface area contributed by atoms with E-state index in [4.69, 9.17) is 4.74 Å². The highest BCUT2D eigenvalue weighted by Gasteiger charge is 2.53. The first-order valence-corrected chi connectivity index (χ1v) is 9.75. The van der Waals surface area contributed by atoms with E-state index >= 15 is 0 Å². The third kappa shape index (κ3) is 3.88. The predicted octanol–water partition coefficient (Wildman–Crippen LogP) is 3.89. The van der Waals surface area contributed by atoms with E-state index in [-0.39, 0.29) is 17.3 Å². The number of nitrogens with zero attached hydrogens (tertiary/aromatic N) is 1. The second kappa shape index (κ2) is 7.26. The fraction of sp³-hybridized carbons (Fsp3) is 0.556. The van der Waals surface area contributed by atoms with E-state index in [0.29, 0.717) is 31.6 Å². The van der Waals surface area contributed by atoms with E-state index in [1.807, 2.05) is 13.8 Å². The first-order chi connectivity index (χ1) is 12.7. The van der Waals surface area contributed by atoms with Crippen molar-refractivity contribution in [2.75, 3.05) is 17.7 Å². The van der Waals surface area contributed by atoms with Gasteiger partial charge < -0.3 is 15.0 Å². The third-order valence-corrected chi connectivity index (χ3v) is 6.28. The summed E-state index contributed by atoms with van der Waals surface area (Å²) in [6.07, 6.45) is -2.82. The molecule has 2 aliphatic heterocycles. The number of anilines is 1. The summed E-state index contributed by atoms with van der Waals surface area (Å²) in [5, 5.41) is 2.55. The molecule has 27 heavy (non-hydrogen) atoms. The molecule has 2 amide bonds. The maximum absolute atomic E-state index is 13.1. The molecule has 2 fully saturated rings. The number of hydrogen-bond donors (Lipinski definition) is 1. The highest BCUT2D eigenvalue weighted by Crippen LogP contribution is 2.47. The second-order valence-electron chi connectivity index (χ2n) is 6.81. The monoisotopic (exact) mass is 402 g/mol. The lowest BCUT2D eigenvalue weighted by atomic mass is 10.1. The van der Waals surface area contributed by atoms with Crippen LogP contribution >= 0.6 is 11.8 Å². The number of amides is 2. The van der Waals surface area contributed by atoms with Gasteiger partial charge in [0.15, 0.2) is 0 Å². The molecule has 0 unspecified atom stereocenters. The lowest BCUT2D eigenvalue weighted by Gasteiger charge is -2.30. The van der Waals surface area contributed by atoms with E-state index in [0.717, 1.165) is 12.1 Å². The highest BCUT2D eigenvalue weighted by molar-refractivity contribution is 8.01. The molecule has 9 heteroatoms. The zero-order valence-corrected chi connectivity index (χ0v) is 15.9. The number of carbonyl (C=O) groups excluding carboxylic acids is 2. The fourth-order valence-electron chi connectivity index (χ4n) is 3.37. The van der Waals surface area contributed by atoms with Gasteiger partial charge in [0.05, 0.1) is 22.7 Å². The lowest BCUT2D eigenvalue weighted by Crippen LogP contribution is -2.48. The molecule has 5 nitrogen and oxygen atoms in total. The molecule has 0 spiro atoms. The van der Waals surface area contributed by atoms with Gasteiger partial charge >= 0.3 is 6.18 Å². The summed E-state index contributed by atoms with van der Waals surface area (Å²) in [6.45, 7) is 4.10. The second-order valence-corrected chi connectivity index (χ2v) is 8.31. The number of thioether (sulfide) groups is 1. The van der Waals surface area contributed by atoms with Crippen LogP contribution in [0.4, 0.5) is 18.9 Å². The average molecular weight is 402 g/mol. The largest absolute Gasteiger partial charge is 0.491 e. The summed E-state index contributed by atoms with van der Waals surface area (Å²) in [4.78, 5) is 26.1. The van der Waals surface area contributed by atoms with Gasteiger partial charge in [-0.25, -0.2) is 0 Å². The summed E-state index contributed by atoms with van der Waals surface area (Å²) in [5.41, 5.74) is -0.905. The Morgan fingerprint density at radius 2 is 2.19 bits per heavy atom. The Balaban J connectivity index is 1.85. The van der Waals surface area contributed by atoms with Gasteiger partial charge in [0.25, 0.3) is 0 Å². The Labute approximate surface area is 159 Å². The van der Waals surface area contributed by atoms with Gasteiger partial charge in [-0.15, -0.1) is 11.8 Å². The minimum absolute atomic E-state index is 0.0338. The van der Waals surface area contributed by atoms with E-state index < -0.39 is 28.6 Å². The van der Waals surface area contributed by atoms with Crippen molar-refractivity contribution in [2.45, 2.75) is 50.2 Å². The number of benzene rings is 1. The molecule has 148 valence electrons. The first kappa shape index (κ1) is 19.9. The van der Waals surface area contributed by atoms with Crippen molar-refractivity contribution in [3.05, 3.63) is 23.8 Å². The predicted molar refractivity (Wildman–Crippen MR) is 96.6 cm³/mol. The number of nitrogens with one attached hydrogen (secondary N) is 1. The van der Waals surface area contributed by atoms with Crippen LogP contribution in [-0.2, 0) is 15.8 Å². The molecule has 2 saturated heterocycles. The maximum atomic E-state index is 13.1. The van der Waals surface area contributed by atoms with Crippen LogP contribution < -0.4 is 10.1 Å². The summed E-state index contributed by atoms with van der Waals surface area (Å²) in [6, 6.07) is 2.30. The molecule has 0 aromatic heterocycles. The molecule has 2 aliphatic rings. The molecule has 0 saturated carbocycles. The van der Waals surface area contributed by atoms with Gasteiger partial charge in [-0.3, -0.25) is 9.59 Å². The molecule has 1 aromatic carbocycles. The molecule has 0 bridgehead atoms. The van der Waals surface area contributed by atoms with Crippen LogP contribution in [0.2, 0.25) is 0 Å². The molecule has 0 aliphatic carbocycles. The minimum atomic E-state index is -4.53. The van der Waals surface area contributed by atoms with Crippen LogP contribution in [0.5, 0.6) is 5.75 Å². The Hall–Kier alpha value is -1.90. The Kier molecular flexibility index (Phi) is 5.33. The number of fused-ring (bicyclic) bond motifs is 1. The van der Waals surface area contributed by atoms with Gasteiger partial charge in [0, 0.05) is 12.2 Å². The normalized spacial score (nSPS) is 24.9. The zero-order chi connectivity index (χ0) is 19.8. The summed E-state index contributed by atoms with van der Waals surface area (Å²) in [5.74, 6) is -0.00582. The zero-order valence-electron chi connectivity index (χ0n) is 15.1. The SMILES string of the molecule is CCCOc1ccc(C(F)(F)F)cc1NC(=O)[C@H]1CS[C@]2(C)CCC(=O)N12. The van der Waals surface area contributed by atoms with Crippen molar-refractivity contribution in [3.8, 4) is 5.75 Å². The number of rotatable bonds is 5. The fourth-order valence-corrected chi connectivity index (χ4v) is 4.80.